The second-order valence-electron chi connectivity index (χ2n) is 3.84. The Kier molecular flexibility index (Phi) is 10.9. The molecule has 0 amide bonds. The van der Waals surface area contributed by atoms with E-state index >= 15 is 0 Å². The lowest BCUT2D eigenvalue weighted by Crippen LogP contribution is -2.02. The molecule has 0 bridgehead atoms. The van der Waals surface area contributed by atoms with Gasteiger partial charge in [0.25, 0.3) is 0 Å². The van der Waals surface area contributed by atoms with Gasteiger partial charge in [-0.2, -0.15) is 9.97 Å². The predicted molar refractivity (Wildman–Crippen MR) is 94.8 cm³/mol. The lowest BCUT2D eigenvalue weighted by molar-refractivity contribution is 1.10. The molecule has 124 valence electrons. The molecular formula is C14H28N8. The molecule has 2 rings (SSSR count). The summed E-state index contributed by atoms with van der Waals surface area (Å²) in [6.07, 6.45) is 3.31. The average molecular weight is 308 g/mol. The van der Waals surface area contributed by atoms with Gasteiger partial charge in [-0.1, -0.05) is 14.9 Å². The smallest absolute Gasteiger partial charge is 0.224 e. The van der Waals surface area contributed by atoms with E-state index in [0.717, 1.165) is 17.9 Å². The van der Waals surface area contributed by atoms with Gasteiger partial charge in [0.05, 0.1) is 0 Å². The van der Waals surface area contributed by atoms with Gasteiger partial charge in [-0.15, -0.1) is 0 Å². The normalized spacial score (nSPS) is 8.50. The first-order chi connectivity index (χ1) is 9.56. The molecule has 0 aliphatic carbocycles. The Labute approximate surface area is 132 Å². The molecule has 2 aromatic heterocycles. The van der Waals surface area contributed by atoms with Crippen LogP contribution in [0.2, 0.25) is 0 Å². The van der Waals surface area contributed by atoms with Gasteiger partial charge in [-0.25, -0.2) is 9.97 Å². The van der Waals surface area contributed by atoms with Crippen LogP contribution in [-0.2, 0) is 0 Å². The highest BCUT2D eigenvalue weighted by Crippen LogP contribution is 2.04. The van der Waals surface area contributed by atoms with Crippen LogP contribution in [-0.4, -0.2) is 33.5 Å². The Bertz CT molecular complexity index is 544. The quantitative estimate of drug-likeness (QED) is 0.679. The van der Waals surface area contributed by atoms with Crippen LogP contribution in [0, 0.1) is 6.92 Å². The monoisotopic (exact) mass is 308 g/mol. The summed E-state index contributed by atoms with van der Waals surface area (Å²) in [6.45, 7) is 4.73. The molecule has 0 aliphatic rings. The first kappa shape index (κ1) is 21.7. The number of nitrogens with zero attached hydrogens (tertiary/aromatic N) is 4. The minimum absolute atomic E-state index is 0. The van der Waals surface area contributed by atoms with Gasteiger partial charge in [0, 0.05) is 31.5 Å². The maximum atomic E-state index is 5.39. The first-order valence-corrected chi connectivity index (χ1v) is 6.16. The third kappa shape index (κ3) is 7.22. The molecule has 2 heterocycles. The number of aromatic nitrogens is 4. The molecular weight excluding hydrogens is 280 g/mol. The maximum absolute atomic E-state index is 5.39. The molecule has 0 saturated heterocycles. The molecule has 8 heteroatoms. The van der Waals surface area contributed by atoms with Crippen LogP contribution < -0.4 is 22.1 Å². The average Bonchev–Trinajstić information content (AvgIpc) is 2.45. The van der Waals surface area contributed by atoms with Crippen molar-refractivity contribution < 1.29 is 0 Å². The molecule has 22 heavy (non-hydrogen) atoms. The van der Waals surface area contributed by atoms with Gasteiger partial charge < -0.3 is 22.1 Å². The second kappa shape index (κ2) is 11.1. The summed E-state index contributed by atoms with van der Waals surface area (Å²) < 4.78 is 0. The summed E-state index contributed by atoms with van der Waals surface area (Å²) in [4.78, 5) is 15.6. The van der Waals surface area contributed by atoms with Crippen LogP contribution in [0.3, 0.4) is 0 Å². The fourth-order valence-electron chi connectivity index (χ4n) is 1.23. The molecule has 0 aromatic carbocycles. The molecule has 0 fully saturated rings. The largest absolute Gasteiger partial charge is 0.383 e. The van der Waals surface area contributed by atoms with Crippen molar-refractivity contribution in [3.63, 3.8) is 0 Å². The van der Waals surface area contributed by atoms with Crippen molar-refractivity contribution in [3.05, 3.63) is 24.0 Å². The van der Waals surface area contributed by atoms with Crippen LogP contribution >= 0.6 is 0 Å². The van der Waals surface area contributed by atoms with Crippen molar-refractivity contribution in [2.24, 2.45) is 0 Å². The van der Waals surface area contributed by atoms with E-state index in [9.17, 15) is 0 Å². The SMILES string of the molecule is C.C.CCNc1ccnc(NC)n1.Cc1cnc(N)nc1N. The maximum Gasteiger partial charge on any atom is 0.224 e. The van der Waals surface area contributed by atoms with Gasteiger partial charge >= 0.3 is 0 Å². The lowest BCUT2D eigenvalue weighted by Gasteiger charge is -2.02. The van der Waals surface area contributed by atoms with Crippen molar-refractivity contribution in [1.29, 1.82) is 0 Å². The van der Waals surface area contributed by atoms with E-state index in [-0.39, 0.29) is 20.8 Å². The van der Waals surface area contributed by atoms with Gasteiger partial charge in [0.2, 0.25) is 11.9 Å². The fraction of sp³-hybridized carbons (Fsp3) is 0.429. The third-order valence-corrected chi connectivity index (χ3v) is 2.27. The number of aryl methyl sites for hydroxylation is 1. The van der Waals surface area contributed by atoms with E-state index in [4.69, 9.17) is 11.5 Å². The van der Waals surface area contributed by atoms with Crippen molar-refractivity contribution in [3.8, 4) is 0 Å². The summed E-state index contributed by atoms with van der Waals surface area (Å²) in [7, 11) is 1.80. The van der Waals surface area contributed by atoms with E-state index in [2.05, 4.69) is 30.6 Å². The number of nitrogens with two attached hydrogens (primary N) is 2. The number of hydrogen-bond donors (Lipinski definition) is 4. The van der Waals surface area contributed by atoms with Crippen LogP contribution in [0.15, 0.2) is 18.5 Å². The first-order valence-electron chi connectivity index (χ1n) is 6.16. The molecule has 0 unspecified atom stereocenters. The number of rotatable bonds is 3. The molecule has 6 N–H and O–H groups in total. The van der Waals surface area contributed by atoms with Crippen molar-refractivity contribution in [2.45, 2.75) is 28.7 Å². The summed E-state index contributed by atoms with van der Waals surface area (Å²) in [5.74, 6) is 2.16. The predicted octanol–water partition coefficient (Wildman–Crippen LogP) is 2.17. The van der Waals surface area contributed by atoms with Crippen LogP contribution in [0.4, 0.5) is 23.5 Å². The summed E-state index contributed by atoms with van der Waals surface area (Å²) >= 11 is 0. The molecule has 0 saturated carbocycles. The Balaban J connectivity index is 0. The molecule has 2 aromatic rings. The zero-order valence-corrected chi connectivity index (χ0v) is 11.9. The zero-order chi connectivity index (χ0) is 15.0. The van der Waals surface area contributed by atoms with Gasteiger partial charge in [-0.05, 0) is 19.9 Å². The second-order valence-corrected chi connectivity index (χ2v) is 3.84. The van der Waals surface area contributed by atoms with Gasteiger partial charge in [0.1, 0.15) is 11.6 Å². The Morgan fingerprint density at radius 3 is 2.32 bits per heavy atom. The van der Waals surface area contributed by atoms with Gasteiger partial charge in [0.15, 0.2) is 0 Å². The topological polar surface area (TPSA) is 128 Å². The minimum Gasteiger partial charge on any atom is -0.383 e. The van der Waals surface area contributed by atoms with Crippen molar-refractivity contribution in [1.82, 2.24) is 19.9 Å². The highest BCUT2D eigenvalue weighted by Gasteiger charge is 1.94. The number of anilines is 4. The van der Waals surface area contributed by atoms with E-state index in [1.807, 2.05) is 19.9 Å². The van der Waals surface area contributed by atoms with Crippen LogP contribution in [0.25, 0.3) is 0 Å². The Morgan fingerprint density at radius 2 is 1.82 bits per heavy atom. The zero-order valence-electron chi connectivity index (χ0n) is 11.9. The molecule has 0 atom stereocenters. The molecule has 0 radical (unpaired) electrons. The van der Waals surface area contributed by atoms with Crippen molar-refractivity contribution >= 4 is 23.5 Å². The Hall–Kier alpha value is -2.64. The Morgan fingerprint density at radius 1 is 1.14 bits per heavy atom. The minimum atomic E-state index is 0. The van der Waals surface area contributed by atoms with E-state index < -0.39 is 0 Å². The van der Waals surface area contributed by atoms with Crippen LogP contribution in [0.1, 0.15) is 27.3 Å². The molecule has 8 nitrogen and oxygen atoms in total. The highest BCUT2D eigenvalue weighted by atomic mass is 15.1. The molecule has 0 aliphatic heterocycles. The highest BCUT2D eigenvalue weighted by molar-refractivity contribution is 5.40. The van der Waals surface area contributed by atoms with Gasteiger partial charge in [-0.3, -0.25) is 0 Å². The van der Waals surface area contributed by atoms with Crippen LogP contribution in [0.5, 0.6) is 0 Å². The number of nitrogen functional groups attached to an aromatic ring is 2. The lowest BCUT2D eigenvalue weighted by atomic mass is 10.4. The fourth-order valence-corrected chi connectivity index (χ4v) is 1.23. The summed E-state index contributed by atoms with van der Waals surface area (Å²) in [5, 5.41) is 5.95. The number of nitrogens with one attached hydrogen (secondary N) is 2. The summed E-state index contributed by atoms with van der Waals surface area (Å²) in [5.41, 5.74) is 11.5. The third-order valence-electron chi connectivity index (χ3n) is 2.27. The number of hydrogen-bond acceptors (Lipinski definition) is 8. The van der Waals surface area contributed by atoms with E-state index in [1.165, 1.54) is 0 Å². The van der Waals surface area contributed by atoms with E-state index in [1.54, 1.807) is 19.4 Å². The molecule has 0 spiro atoms. The summed E-state index contributed by atoms with van der Waals surface area (Å²) in [6, 6.07) is 1.84. The van der Waals surface area contributed by atoms with E-state index in [0.29, 0.717) is 11.8 Å². The standard InChI is InChI=1S/C7H12N4.C5H8N4.2CH4/c1-3-9-6-4-5-10-7(8-2)11-6;1-3-2-8-5(7)9-4(3)6;;/h4-5H,3H2,1-2H3,(H2,8,9,10,11);2H,1H3,(H4,6,7,8,9);2*1H4. The van der Waals surface area contributed by atoms with Crippen molar-refractivity contribution in [2.75, 3.05) is 35.7 Å².